The second-order valence-electron chi connectivity index (χ2n) is 5.29. The van der Waals surface area contributed by atoms with Crippen LogP contribution in [-0.4, -0.2) is 4.98 Å². The molecule has 0 aliphatic rings. The van der Waals surface area contributed by atoms with Crippen LogP contribution in [-0.2, 0) is 0 Å². The highest BCUT2D eigenvalue weighted by Crippen LogP contribution is 2.31. The van der Waals surface area contributed by atoms with E-state index in [0.717, 1.165) is 21.7 Å². The first-order valence-corrected chi connectivity index (χ1v) is 8.68. The number of aromatic nitrogens is 1. The maximum Gasteiger partial charge on any atom is 0.124 e. The van der Waals surface area contributed by atoms with Gasteiger partial charge in [-0.2, -0.15) is 0 Å². The van der Waals surface area contributed by atoms with Crippen LogP contribution < -0.4 is 0 Å². The van der Waals surface area contributed by atoms with Gasteiger partial charge in [0.05, 0.1) is 10.2 Å². The summed E-state index contributed by atoms with van der Waals surface area (Å²) in [5.41, 5.74) is 5.45. The van der Waals surface area contributed by atoms with Crippen molar-refractivity contribution in [2.75, 3.05) is 0 Å². The number of benzene rings is 3. The molecule has 0 saturated carbocycles. The van der Waals surface area contributed by atoms with E-state index in [2.05, 4.69) is 67.6 Å². The minimum absolute atomic E-state index is 0.903. The summed E-state index contributed by atoms with van der Waals surface area (Å²) in [6.45, 7) is 6.00. The van der Waals surface area contributed by atoms with Gasteiger partial charge in [0.25, 0.3) is 0 Å². The topological polar surface area (TPSA) is 12.9 Å². The fourth-order valence-corrected chi connectivity index (χ4v) is 3.53. The minimum atomic E-state index is 0.903. The highest BCUT2D eigenvalue weighted by molar-refractivity contribution is 7.21. The molecule has 120 valence electrons. The second-order valence-corrected chi connectivity index (χ2v) is 6.32. The average molecular weight is 339 g/mol. The summed E-state index contributed by atoms with van der Waals surface area (Å²) >= 11 is 1.72. The van der Waals surface area contributed by atoms with Crippen molar-refractivity contribution < 1.29 is 0 Å². The number of hydrogen-bond acceptors (Lipinski definition) is 2. The first-order valence-electron chi connectivity index (χ1n) is 7.86. The van der Waals surface area contributed by atoms with E-state index in [-0.39, 0.29) is 0 Å². The zero-order valence-electron chi connectivity index (χ0n) is 13.8. The van der Waals surface area contributed by atoms with Gasteiger partial charge in [-0.25, -0.2) is 4.98 Å². The smallest absolute Gasteiger partial charge is 0.124 e. The van der Waals surface area contributed by atoms with E-state index < -0.39 is 0 Å². The van der Waals surface area contributed by atoms with Crippen LogP contribution in [0.2, 0.25) is 0 Å². The molecule has 0 aliphatic heterocycles. The largest absolute Gasteiger partial charge is 0.236 e. The third kappa shape index (κ3) is 3.52. The van der Waals surface area contributed by atoms with Crippen LogP contribution in [0, 0.1) is 12.3 Å². The third-order valence-corrected chi connectivity index (χ3v) is 4.90. The molecule has 2 heteroatoms. The molecule has 0 spiro atoms. The van der Waals surface area contributed by atoms with Gasteiger partial charge in [0, 0.05) is 11.1 Å². The summed E-state index contributed by atoms with van der Waals surface area (Å²) in [5.74, 6) is 2.64. The summed E-state index contributed by atoms with van der Waals surface area (Å²) in [7, 11) is 0. The molecule has 0 amide bonds. The van der Waals surface area contributed by atoms with Gasteiger partial charge >= 0.3 is 0 Å². The zero-order chi connectivity index (χ0) is 17.6. The molecule has 0 fully saturated rings. The number of thiazole rings is 1. The van der Waals surface area contributed by atoms with E-state index in [9.17, 15) is 0 Å². The van der Waals surface area contributed by atoms with Gasteiger partial charge in [-0.1, -0.05) is 54.5 Å². The molecular formula is C23H17NS. The summed E-state index contributed by atoms with van der Waals surface area (Å²) < 4.78 is 1.22. The standard InChI is InChI=1S/C21H13NS.C2H4/c1-2-15-7-9-16(10-8-15)17-11-13-18(14-12-17)21-22-19-5-3-4-6-20(19)23-21;1-2/h1,3-14H;1-2H2. The van der Waals surface area contributed by atoms with Crippen LogP contribution >= 0.6 is 11.3 Å². The molecule has 0 unspecified atom stereocenters. The molecule has 0 radical (unpaired) electrons. The Kier molecular flexibility index (Phi) is 5.09. The predicted octanol–water partition coefficient (Wildman–Crippen LogP) is 6.41. The average Bonchev–Trinajstić information content (AvgIpc) is 3.14. The molecule has 1 nitrogen and oxygen atoms in total. The number of rotatable bonds is 2. The van der Waals surface area contributed by atoms with Crippen molar-refractivity contribution in [2.45, 2.75) is 0 Å². The molecule has 3 aromatic carbocycles. The van der Waals surface area contributed by atoms with E-state index in [4.69, 9.17) is 11.4 Å². The maximum atomic E-state index is 5.40. The second kappa shape index (κ2) is 7.61. The van der Waals surface area contributed by atoms with E-state index in [1.165, 1.54) is 15.8 Å². The quantitative estimate of drug-likeness (QED) is 0.303. The lowest BCUT2D eigenvalue weighted by Crippen LogP contribution is -1.80. The van der Waals surface area contributed by atoms with Crippen LogP contribution in [0.3, 0.4) is 0 Å². The van der Waals surface area contributed by atoms with Gasteiger partial charge in [-0.05, 0) is 35.4 Å². The van der Waals surface area contributed by atoms with Crippen molar-refractivity contribution in [3.8, 4) is 34.0 Å². The van der Waals surface area contributed by atoms with Gasteiger partial charge in [-0.15, -0.1) is 30.9 Å². The van der Waals surface area contributed by atoms with Gasteiger partial charge in [-0.3, -0.25) is 0 Å². The van der Waals surface area contributed by atoms with Crippen LogP contribution in [0.25, 0.3) is 31.9 Å². The Morgan fingerprint density at radius 2 is 1.32 bits per heavy atom. The van der Waals surface area contributed by atoms with Crippen LogP contribution in [0.4, 0.5) is 0 Å². The van der Waals surface area contributed by atoms with Crippen LogP contribution in [0.1, 0.15) is 5.56 Å². The molecule has 0 saturated heterocycles. The lowest BCUT2D eigenvalue weighted by atomic mass is 10.0. The van der Waals surface area contributed by atoms with Crippen LogP contribution in [0.15, 0.2) is 86.0 Å². The Morgan fingerprint density at radius 3 is 1.92 bits per heavy atom. The molecule has 1 aromatic heterocycles. The molecule has 0 atom stereocenters. The Labute approximate surface area is 152 Å². The zero-order valence-corrected chi connectivity index (χ0v) is 14.6. The number of terminal acetylenes is 1. The van der Waals surface area contributed by atoms with Crippen molar-refractivity contribution in [2.24, 2.45) is 0 Å². The predicted molar refractivity (Wildman–Crippen MR) is 110 cm³/mol. The summed E-state index contributed by atoms with van der Waals surface area (Å²) in [4.78, 5) is 4.70. The van der Waals surface area contributed by atoms with Crippen molar-refractivity contribution in [3.05, 3.63) is 91.5 Å². The highest BCUT2D eigenvalue weighted by atomic mass is 32.1. The maximum absolute atomic E-state index is 5.40. The van der Waals surface area contributed by atoms with Crippen molar-refractivity contribution >= 4 is 21.6 Å². The highest BCUT2D eigenvalue weighted by Gasteiger charge is 2.06. The monoisotopic (exact) mass is 339 g/mol. The number of hydrogen-bond donors (Lipinski definition) is 0. The molecular weight excluding hydrogens is 322 g/mol. The molecule has 0 N–H and O–H groups in total. The number of para-hydroxylation sites is 1. The minimum Gasteiger partial charge on any atom is -0.236 e. The lowest BCUT2D eigenvalue weighted by Gasteiger charge is -2.03. The van der Waals surface area contributed by atoms with Gasteiger partial charge in [0.2, 0.25) is 0 Å². The van der Waals surface area contributed by atoms with Crippen molar-refractivity contribution in [3.63, 3.8) is 0 Å². The third-order valence-electron chi connectivity index (χ3n) is 3.81. The Hall–Kier alpha value is -3.15. The normalized spacial score (nSPS) is 9.88. The van der Waals surface area contributed by atoms with E-state index >= 15 is 0 Å². The van der Waals surface area contributed by atoms with Crippen molar-refractivity contribution in [1.29, 1.82) is 0 Å². The molecule has 1 heterocycles. The van der Waals surface area contributed by atoms with E-state index in [1.807, 2.05) is 24.3 Å². The van der Waals surface area contributed by atoms with Crippen molar-refractivity contribution in [1.82, 2.24) is 4.98 Å². The lowest BCUT2D eigenvalue weighted by molar-refractivity contribution is 1.47. The molecule has 0 bridgehead atoms. The molecule has 4 aromatic rings. The van der Waals surface area contributed by atoms with Crippen LogP contribution in [0.5, 0.6) is 0 Å². The summed E-state index contributed by atoms with van der Waals surface area (Å²) in [6, 6.07) is 24.8. The SMILES string of the molecule is C#Cc1ccc(-c2ccc(-c3nc4ccccc4s3)cc2)cc1.C=C. The fraction of sp³-hybridized carbons (Fsp3) is 0. The summed E-state index contributed by atoms with van der Waals surface area (Å²) in [6.07, 6.45) is 5.40. The first-order chi connectivity index (χ1) is 12.3. The Balaban J connectivity index is 0.000000880. The van der Waals surface area contributed by atoms with Gasteiger partial charge < -0.3 is 0 Å². The fourth-order valence-electron chi connectivity index (χ4n) is 2.56. The first kappa shape index (κ1) is 16.7. The van der Waals surface area contributed by atoms with Gasteiger partial charge in [0.15, 0.2) is 0 Å². The number of fused-ring (bicyclic) bond motifs is 1. The molecule has 4 rings (SSSR count). The Bertz CT molecular complexity index is 985. The summed E-state index contributed by atoms with van der Waals surface area (Å²) in [5, 5.41) is 1.06. The molecule has 0 aliphatic carbocycles. The Morgan fingerprint density at radius 1 is 0.760 bits per heavy atom. The van der Waals surface area contributed by atoms with E-state index in [1.54, 1.807) is 11.3 Å². The van der Waals surface area contributed by atoms with E-state index in [0.29, 0.717) is 0 Å². The number of nitrogens with zero attached hydrogens (tertiary/aromatic N) is 1. The van der Waals surface area contributed by atoms with Gasteiger partial charge in [0.1, 0.15) is 5.01 Å². The molecule has 25 heavy (non-hydrogen) atoms.